The lowest BCUT2D eigenvalue weighted by atomic mass is 10.1. The third-order valence-corrected chi connectivity index (χ3v) is 4.21. The van der Waals surface area contributed by atoms with Gasteiger partial charge in [0.1, 0.15) is 17.4 Å². The fourth-order valence-corrected chi connectivity index (χ4v) is 2.80. The molecule has 0 fully saturated rings. The van der Waals surface area contributed by atoms with Gasteiger partial charge in [-0.25, -0.2) is 4.39 Å². The summed E-state index contributed by atoms with van der Waals surface area (Å²) >= 11 is 6.13. The minimum atomic E-state index is -4.42. The molecular formula is C20H16ClF4N3O2. The van der Waals surface area contributed by atoms with Crippen molar-refractivity contribution in [3.8, 4) is 0 Å². The maximum absolute atomic E-state index is 13.0. The Bertz CT molecular complexity index is 1020. The van der Waals surface area contributed by atoms with Gasteiger partial charge in [-0.1, -0.05) is 35.9 Å². The number of hydrogen-bond acceptors (Lipinski definition) is 3. The Morgan fingerprint density at radius 1 is 1.13 bits per heavy atom. The molecule has 0 spiro atoms. The SMILES string of the molecule is O=C(Nc1nn(Cc2ccc(F)cc2)cc1Cl)c1cccc(COCC(F)(F)F)c1. The second-order valence-electron chi connectivity index (χ2n) is 6.41. The highest BCUT2D eigenvalue weighted by molar-refractivity contribution is 6.33. The topological polar surface area (TPSA) is 56.2 Å². The number of amides is 1. The zero-order valence-electron chi connectivity index (χ0n) is 15.4. The number of halogens is 5. The van der Waals surface area contributed by atoms with Gasteiger partial charge in [0.25, 0.3) is 5.91 Å². The Balaban J connectivity index is 1.63. The average molecular weight is 442 g/mol. The lowest BCUT2D eigenvalue weighted by molar-refractivity contribution is -0.176. The molecule has 1 heterocycles. The van der Waals surface area contributed by atoms with E-state index in [4.69, 9.17) is 11.6 Å². The largest absolute Gasteiger partial charge is 0.411 e. The molecule has 1 N–H and O–H groups in total. The number of benzene rings is 2. The Kier molecular flexibility index (Phi) is 6.73. The van der Waals surface area contributed by atoms with Crippen LogP contribution in [0.5, 0.6) is 0 Å². The van der Waals surface area contributed by atoms with Crippen LogP contribution in [0.2, 0.25) is 5.02 Å². The van der Waals surface area contributed by atoms with Crippen LogP contribution in [0.4, 0.5) is 23.4 Å². The van der Waals surface area contributed by atoms with Crippen LogP contribution in [0.3, 0.4) is 0 Å². The van der Waals surface area contributed by atoms with Crippen molar-refractivity contribution in [2.45, 2.75) is 19.3 Å². The summed E-state index contributed by atoms with van der Waals surface area (Å²) in [7, 11) is 0. The smallest absolute Gasteiger partial charge is 0.367 e. The van der Waals surface area contributed by atoms with E-state index in [1.807, 2.05) is 0 Å². The second-order valence-corrected chi connectivity index (χ2v) is 6.82. The van der Waals surface area contributed by atoms with Gasteiger partial charge >= 0.3 is 6.18 Å². The van der Waals surface area contributed by atoms with Crippen LogP contribution in [0.25, 0.3) is 0 Å². The van der Waals surface area contributed by atoms with Gasteiger partial charge in [0.05, 0.1) is 13.2 Å². The minimum Gasteiger partial charge on any atom is -0.367 e. The zero-order valence-corrected chi connectivity index (χ0v) is 16.2. The van der Waals surface area contributed by atoms with Crippen LogP contribution in [0.1, 0.15) is 21.5 Å². The molecule has 158 valence electrons. The molecule has 0 aliphatic heterocycles. The highest BCUT2D eigenvalue weighted by atomic mass is 35.5. The van der Waals surface area contributed by atoms with Crippen molar-refractivity contribution in [1.29, 1.82) is 0 Å². The van der Waals surface area contributed by atoms with E-state index in [2.05, 4.69) is 15.2 Å². The van der Waals surface area contributed by atoms with E-state index < -0.39 is 18.7 Å². The number of ether oxygens (including phenoxy) is 1. The summed E-state index contributed by atoms with van der Waals surface area (Å²) in [5.41, 5.74) is 1.42. The Labute approximate surface area is 174 Å². The lowest BCUT2D eigenvalue weighted by Gasteiger charge is -2.09. The predicted molar refractivity (Wildman–Crippen MR) is 103 cm³/mol. The van der Waals surface area contributed by atoms with Crippen molar-refractivity contribution >= 4 is 23.3 Å². The maximum atomic E-state index is 13.0. The molecule has 0 bridgehead atoms. The van der Waals surface area contributed by atoms with E-state index in [0.29, 0.717) is 12.1 Å². The van der Waals surface area contributed by atoms with Crippen molar-refractivity contribution < 1.29 is 27.1 Å². The van der Waals surface area contributed by atoms with E-state index >= 15 is 0 Å². The molecule has 0 aliphatic rings. The number of nitrogens with one attached hydrogen (secondary N) is 1. The number of hydrogen-bond donors (Lipinski definition) is 1. The van der Waals surface area contributed by atoms with Crippen LogP contribution in [-0.2, 0) is 17.9 Å². The number of aromatic nitrogens is 2. The molecule has 2 aromatic carbocycles. The summed E-state index contributed by atoms with van der Waals surface area (Å²) in [6, 6.07) is 11.9. The van der Waals surface area contributed by atoms with Gasteiger partial charge in [-0.3, -0.25) is 9.48 Å². The fraction of sp³-hybridized carbons (Fsp3) is 0.200. The first kappa shape index (κ1) is 21.8. The van der Waals surface area contributed by atoms with Crippen LogP contribution < -0.4 is 5.32 Å². The molecule has 0 atom stereocenters. The average Bonchev–Trinajstić information content (AvgIpc) is 3.01. The summed E-state index contributed by atoms with van der Waals surface area (Å²) in [6.07, 6.45) is -2.90. The first-order valence-corrected chi connectivity index (χ1v) is 9.09. The molecule has 5 nitrogen and oxygen atoms in total. The highest BCUT2D eigenvalue weighted by Crippen LogP contribution is 2.21. The van der Waals surface area contributed by atoms with Gasteiger partial charge in [-0.05, 0) is 35.4 Å². The van der Waals surface area contributed by atoms with Gasteiger partial charge in [0, 0.05) is 11.8 Å². The molecule has 3 rings (SSSR count). The fourth-order valence-electron chi connectivity index (χ4n) is 2.61. The van der Waals surface area contributed by atoms with E-state index in [0.717, 1.165) is 5.56 Å². The summed E-state index contributed by atoms with van der Waals surface area (Å²) in [5, 5.41) is 6.97. The highest BCUT2D eigenvalue weighted by Gasteiger charge is 2.27. The van der Waals surface area contributed by atoms with Crippen molar-refractivity contribution in [3.05, 3.63) is 82.3 Å². The molecule has 0 unspecified atom stereocenters. The Morgan fingerprint density at radius 3 is 2.57 bits per heavy atom. The molecule has 0 aliphatic carbocycles. The van der Waals surface area contributed by atoms with Gasteiger partial charge in [0.15, 0.2) is 5.82 Å². The Hall–Kier alpha value is -2.91. The molecule has 30 heavy (non-hydrogen) atoms. The molecule has 3 aromatic rings. The van der Waals surface area contributed by atoms with E-state index in [-0.39, 0.29) is 28.8 Å². The Morgan fingerprint density at radius 2 is 1.87 bits per heavy atom. The molecular weight excluding hydrogens is 426 g/mol. The van der Waals surface area contributed by atoms with Crippen LogP contribution in [-0.4, -0.2) is 28.5 Å². The van der Waals surface area contributed by atoms with Crippen LogP contribution >= 0.6 is 11.6 Å². The zero-order chi connectivity index (χ0) is 21.7. The van der Waals surface area contributed by atoms with E-state index in [9.17, 15) is 22.4 Å². The third-order valence-electron chi connectivity index (χ3n) is 3.93. The molecule has 1 aromatic heterocycles. The summed E-state index contributed by atoms with van der Waals surface area (Å²) < 4.78 is 55.6. The predicted octanol–water partition coefficient (Wildman–Crippen LogP) is 5.06. The van der Waals surface area contributed by atoms with Gasteiger partial charge < -0.3 is 10.1 Å². The minimum absolute atomic E-state index is 0.127. The van der Waals surface area contributed by atoms with Crippen molar-refractivity contribution in [2.24, 2.45) is 0 Å². The quantitative estimate of drug-likeness (QED) is 0.522. The van der Waals surface area contributed by atoms with Crippen LogP contribution in [0.15, 0.2) is 54.7 Å². The van der Waals surface area contributed by atoms with E-state index in [1.165, 1.54) is 41.2 Å². The van der Waals surface area contributed by atoms with Gasteiger partial charge in [0.2, 0.25) is 0 Å². The second kappa shape index (κ2) is 9.27. The first-order chi connectivity index (χ1) is 14.2. The third kappa shape index (κ3) is 6.30. The van der Waals surface area contributed by atoms with Gasteiger partial charge in [-0.2, -0.15) is 18.3 Å². The number of carbonyl (C=O) groups excluding carboxylic acids is 1. The summed E-state index contributed by atoms with van der Waals surface area (Å²) in [6.45, 7) is -1.33. The standard InChI is InChI=1S/C20H16ClF4N3O2/c21-17-10-28(9-13-4-6-16(22)7-5-13)27-18(17)26-19(29)15-3-1-2-14(8-15)11-30-12-20(23,24)25/h1-8,10H,9,11-12H2,(H,26,27,29). The first-order valence-electron chi connectivity index (χ1n) is 8.72. The lowest BCUT2D eigenvalue weighted by Crippen LogP contribution is -2.17. The summed E-state index contributed by atoms with van der Waals surface area (Å²) in [5.74, 6) is -0.750. The number of alkyl halides is 3. The normalized spacial score (nSPS) is 11.5. The number of nitrogens with zero attached hydrogens (tertiary/aromatic N) is 2. The van der Waals surface area contributed by atoms with Crippen molar-refractivity contribution in [2.75, 3.05) is 11.9 Å². The van der Waals surface area contributed by atoms with E-state index in [1.54, 1.807) is 18.2 Å². The number of carbonyl (C=O) groups is 1. The van der Waals surface area contributed by atoms with Crippen molar-refractivity contribution in [3.63, 3.8) is 0 Å². The van der Waals surface area contributed by atoms with Crippen LogP contribution in [0, 0.1) is 5.82 Å². The number of rotatable bonds is 7. The molecule has 0 saturated heterocycles. The number of anilines is 1. The molecule has 0 saturated carbocycles. The summed E-state index contributed by atoms with van der Waals surface area (Å²) in [4.78, 5) is 12.5. The molecule has 10 heteroatoms. The maximum Gasteiger partial charge on any atom is 0.411 e. The van der Waals surface area contributed by atoms with Gasteiger partial charge in [-0.15, -0.1) is 0 Å². The molecule has 0 radical (unpaired) electrons. The molecule has 1 amide bonds. The monoisotopic (exact) mass is 441 g/mol. The van der Waals surface area contributed by atoms with Crippen molar-refractivity contribution in [1.82, 2.24) is 9.78 Å².